The number of benzene rings is 2. The molecule has 1 unspecified atom stereocenters. The Bertz CT molecular complexity index is 927. The minimum absolute atomic E-state index is 0.180. The van der Waals surface area contributed by atoms with Crippen LogP contribution in [0.1, 0.15) is 23.1 Å². The van der Waals surface area contributed by atoms with E-state index >= 15 is 0 Å². The second-order valence-electron chi connectivity index (χ2n) is 7.11. The molecule has 3 nitrogen and oxygen atoms in total. The van der Waals surface area contributed by atoms with Crippen LogP contribution in [0.25, 0.3) is 11.1 Å². The van der Waals surface area contributed by atoms with E-state index in [9.17, 15) is 5.11 Å². The van der Waals surface area contributed by atoms with Crippen LogP contribution in [0.3, 0.4) is 0 Å². The molecular weight excluding hydrogens is 356 g/mol. The average Bonchev–Trinajstić information content (AvgIpc) is 2.89. The van der Waals surface area contributed by atoms with E-state index in [-0.39, 0.29) is 5.75 Å². The van der Waals surface area contributed by atoms with Crippen LogP contribution in [0.4, 0.5) is 0 Å². The van der Waals surface area contributed by atoms with Gasteiger partial charge in [-0.25, -0.2) is 0 Å². The van der Waals surface area contributed by atoms with E-state index < -0.39 is 0 Å². The van der Waals surface area contributed by atoms with Gasteiger partial charge in [-0.3, -0.25) is 4.98 Å². The normalized spacial score (nSPS) is 16.6. The average molecular weight is 379 g/mol. The highest BCUT2D eigenvalue weighted by Gasteiger charge is 2.18. The van der Waals surface area contributed by atoms with Crippen LogP contribution >= 0.6 is 11.6 Å². The molecule has 0 fully saturated rings. The number of hydrogen-bond acceptors (Lipinski definition) is 3. The number of phenolic OH excluding ortho intramolecular Hbond substituents is 1. The SMILES string of the molecule is Oc1cc2c(cc1Cl)CCNC(CCc1ccccc1-c1ccncc1)C2. The third kappa shape index (κ3) is 4.15. The number of fused-ring (bicyclic) bond motifs is 1. The first-order chi connectivity index (χ1) is 13.2. The Labute approximate surface area is 165 Å². The zero-order chi connectivity index (χ0) is 18.6. The van der Waals surface area contributed by atoms with Crippen LogP contribution in [0.5, 0.6) is 5.75 Å². The molecule has 0 spiro atoms. The molecule has 3 aromatic rings. The minimum atomic E-state index is 0.180. The minimum Gasteiger partial charge on any atom is -0.506 e. The zero-order valence-electron chi connectivity index (χ0n) is 15.2. The molecule has 2 N–H and O–H groups in total. The Morgan fingerprint density at radius 3 is 2.74 bits per heavy atom. The molecule has 2 heterocycles. The fourth-order valence-electron chi connectivity index (χ4n) is 3.90. The molecule has 2 aromatic carbocycles. The molecule has 1 aromatic heterocycles. The summed E-state index contributed by atoms with van der Waals surface area (Å²) in [5.41, 5.74) is 6.28. The first-order valence-electron chi connectivity index (χ1n) is 9.42. The summed E-state index contributed by atoms with van der Waals surface area (Å²) in [7, 11) is 0. The molecule has 0 saturated heterocycles. The van der Waals surface area contributed by atoms with Gasteiger partial charge in [0, 0.05) is 18.4 Å². The number of nitrogens with zero attached hydrogens (tertiary/aromatic N) is 1. The summed E-state index contributed by atoms with van der Waals surface area (Å²) in [5.74, 6) is 0.180. The summed E-state index contributed by atoms with van der Waals surface area (Å²) in [5, 5.41) is 14.1. The van der Waals surface area contributed by atoms with Crippen molar-refractivity contribution in [3.05, 3.63) is 82.6 Å². The van der Waals surface area contributed by atoms with E-state index in [1.165, 1.54) is 27.8 Å². The number of aryl methyl sites for hydroxylation is 1. The molecule has 27 heavy (non-hydrogen) atoms. The van der Waals surface area contributed by atoms with E-state index in [4.69, 9.17) is 11.6 Å². The zero-order valence-corrected chi connectivity index (χ0v) is 15.9. The molecule has 0 amide bonds. The number of rotatable bonds is 4. The highest BCUT2D eigenvalue weighted by Crippen LogP contribution is 2.30. The van der Waals surface area contributed by atoms with E-state index in [0.29, 0.717) is 11.1 Å². The van der Waals surface area contributed by atoms with Crippen molar-refractivity contribution in [2.75, 3.05) is 6.54 Å². The van der Waals surface area contributed by atoms with Crippen molar-refractivity contribution in [1.29, 1.82) is 0 Å². The molecule has 0 radical (unpaired) electrons. The van der Waals surface area contributed by atoms with Crippen LogP contribution in [0.2, 0.25) is 5.02 Å². The molecule has 4 rings (SSSR count). The van der Waals surface area contributed by atoms with Gasteiger partial charge in [-0.2, -0.15) is 0 Å². The van der Waals surface area contributed by atoms with Crippen LogP contribution in [-0.2, 0) is 19.3 Å². The lowest BCUT2D eigenvalue weighted by atomic mass is 9.93. The van der Waals surface area contributed by atoms with Gasteiger partial charge < -0.3 is 10.4 Å². The van der Waals surface area contributed by atoms with Crippen molar-refractivity contribution >= 4 is 11.6 Å². The monoisotopic (exact) mass is 378 g/mol. The lowest BCUT2D eigenvalue weighted by Gasteiger charge is -2.18. The molecule has 0 saturated carbocycles. The van der Waals surface area contributed by atoms with Crippen molar-refractivity contribution in [3.63, 3.8) is 0 Å². The van der Waals surface area contributed by atoms with Gasteiger partial charge in [0.2, 0.25) is 0 Å². The van der Waals surface area contributed by atoms with E-state index in [2.05, 4.69) is 46.7 Å². The van der Waals surface area contributed by atoms with Gasteiger partial charge in [-0.15, -0.1) is 0 Å². The van der Waals surface area contributed by atoms with E-state index in [0.717, 1.165) is 32.2 Å². The molecular formula is C23H23ClN2O. The lowest BCUT2D eigenvalue weighted by Crippen LogP contribution is -2.31. The predicted molar refractivity (Wildman–Crippen MR) is 110 cm³/mol. The molecule has 1 aliphatic heterocycles. The fourth-order valence-corrected chi connectivity index (χ4v) is 4.09. The van der Waals surface area contributed by atoms with Crippen LogP contribution < -0.4 is 5.32 Å². The lowest BCUT2D eigenvalue weighted by molar-refractivity contribution is 0.472. The molecule has 0 aliphatic carbocycles. The number of pyridine rings is 1. The largest absolute Gasteiger partial charge is 0.506 e. The second kappa shape index (κ2) is 8.12. The maximum atomic E-state index is 9.97. The van der Waals surface area contributed by atoms with Gasteiger partial charge in [0.1, 0.15) is 5.75 Å². The smallest absolute Gasteiger partial charge is 0.134 e. The van der Waals surface area contributed by atoms with Crippen molar-refractivity contribution in [2.45, 2.75) is 31.7 Å². The van der Waals surface area contributed by atoms with Crippen molar-refractivity contribution in [1.82, 2.24) is 10.3 Å². The summed E-state index contributed by atoms with van der Waals surface area (Å²) in [4.78, 5) is 4.13. The number of nitrogens with one attached hydrogen (secondary N) is 1. The first-order valence-corrected chi connectivity index (χ1v) is 9.80. The Balaban J connectivity index is 1.50. The van der Waals surface area contributed by atoms with E-state index in [1.807, 2.05) is 24.5 Å². The van der Waals surface area contributed by atoms with Crippen LogP contribution in [0, 0.1) is 0 Å². The Morgan fingerprint density at radius 2 is 1.89 bits per heavy atom. The summed E-state index contributed by atoms with van der Waals surface area (Å²) >= 11 is 6.08. The predicted octanol–water partition coefficient (Wildman–Crippen LogP) is 4.80. The second-order valence-corrected chi connectivity index (χ2v) is 7.52. The van der Waals surface area contributed by atoms with Gasteiger partial charge in [-0.1, -0.05) is 35.9 Å². The maximum Gasteiger partial charge on any atom is 0.134 e. The number of aromatic hydroxyl groups is 1. The fraction of sp³-hybridized carbons (Fsp3) is 0.261. The first kappa shape index (κ1) is 18.0. The highest BCUT2D eigenvalue weighted by atomic mass is 35.5. The summed E-state index contributed by atoms with van der Waals surface area (Å²) in [6, 6.07) is 16.8. The van der Waals surface area contributed by atoms with Gasteiger partial charge >= 0.3 is 0 Å². The van der Waals surface area contributed by atoms with Gasteiger partial charge in [-0.05, 0) is 84.3 Å². The topological polar surface area (TPSA) is 45.1 Å². The standard InChI is InChI=1S/C23H23ClN2O/c24-22-14-18-9-12-26-20(13-19(18)15-23(22)27)6-5-16-3-1-2-4-21(16)17-7-10-25-11-8-17/h1-4,7-8,10-11,14-15,20,26-27H,5-6,9,12-13H2. The Kier molecular flexibility index (Phi) is 5.42. The van der Waals surface area contributed by atoms with Crippen LogP contribution in [-0.4, -0.2) is 22.7 Å². The van der Waals surface area contributed by atoms with E-state index in [1.54, 1.807) is 0 Å². The summed E-state index contributed by atoms with van der Waals surface area (Å²) in [6.07, 6.45) is 7.59. The van der Waals surface area contributed by atoms with Crippen LogP contribution in [0.15, 0.2) is 60.9 Å². The molecule has 4 heteroatoms. The van der Waals surface area contributed by atoms with Crippen molar-refractivity contribution in [3.8, 4) is 16.9 Å². The number of halogens is 1. The summed E-state index contributed by atoms with van der Waals surface area (Å²) in [6.45, 7) is 0.935. The van der Waals surface area contributed by atoms with Crippen molar-refractivity contribution < 1.29 is 5.11 Å². The number of hydrogen-bond donors (Lipinski definition) is 2. The van der Waals surface area contributed by atoms with Gasteiger partial charge in [0.15, 0.2) is 0 Å². The maximum absolute atomic E-state index is 9.97. The third-order valence-electron chi connectivity index (χ3n) is 5.33. The van der Waals surface area contributed by atoms with Gasteiger partial charge in [0.05, 0.1) is 5.02 Å². The Morgan fingerprint density at radius 1 is 1.07 bits per heavy atom. The molecule has 1 aliphatic rings. The number of phenols is 1. The molecule has 138 valence electrons. The Hall–Kier alpha value is -2.36. The third-order valence-corrected chi connectivity index (χ3v) is 5.64. The van der Waals surface area contributed by atoms with Gasteiger partial charge in [0.25, 0.3) is 0 Å². The quantitative estimate of drug-likeness (QED) is 0.685. The van der Waals surface area contributed by atoms with Crippen molar-refractivity contribution in [2.24, 2.45) is 0 Å². The molecule has 0 bridgehead atoms. The summed E-state index contributed by atoms with van der Waals surface area (Å²) < 4.78 is 0. The number of aromatic nitrogens is 1. The highest BCUT2D eigenvalue weighted by molar-refractivity contribution is 6.32. The molecule has 1 atom stereocenters.